The fraction of sp³-hybridized carbons (Fsp3) is 0.238. The summed E-state index contributed by atoms with van der Waals surface area (Å²) in [5.74, 6) is 0.505. The summed E-state index contributed by atoms with van der Waals surface area (Å²) in [6.07, 6.45) is 1.79. The van der Waals surface area contributed by atoms with E-state index in [4.69, 9.17) is 28.6 Å². The number of amides is 1. The van der Waals surface area contributed by atoms with Gasteiger partial charge >= 0.3 is 0 Å². The van der Waals surface area contributed by atoms with E-state index < -0.39 is 0 Å². The summed E-state index contributed by atoms with van der Waals surface area (Å²) in [5, 5.41) is 0.438. The number of rotatable bonds is 6. The van der Waals surface area contributed by atoms with Crippen LogP contribution in [0.4, 0.5) is 4.39 Å². The van der Waals surface area contributed by atoms with E-state index in [9.17, 15) is 9.18 Å². The lowest BCUT2D eigenvalue weighted by atomic mass is 10.2. The first kappa shape index (κ1) is 20.8. The van der Waals surface area contributed by atoms with Gasteiger partial charge < -0.3 is 4.74 Å². The maximum atomic E-state index is 13.0. The summed E-state index contributed by atoms with van der Waals surface area (Å²) < 4.78 is 19.2. The van der Waals surface area contributed by atoms with Gasteiger partial charge in [-0.25, -0.2) is 4.39 Å². The minimum Gasteiger partial charge on any atom is -0.487 e. The maximum Gasteiger partial charge on any atom is 0.266 e. The predicted octanol–water partition coefficient (Wildman–Crippen LogP) is 5.92. The highest BCUT2D eigenvalue weighted by atomic mass is 35.5. The second kappa shape index (κ2) is 9.07. The molecule has 28 heavy (non-hydrogen) atoms. The van der Waals surface area contributed by atoms with Crippen LogP contribution in [-0.2, 0) is 11.4 Å². The molecule has 0 unspecified atom stereocenters. The molecule has 0 spiro atoms. The molecule has 0 N–H and O–H groups in total. The van der Waals surface area contributed by atoms with Crippen LogP contribution in [0, 0.1) is 11.7 Å². The molecular weight excluding hydrogens is 417 g/mol. The monoisotopic (exact) mass is 435 g/mol. The molecule has 2 aromatic rings. The van der Waals surface area contributed by atoms with Gasteiger partial charge in [0.2, 0.25) is 0 Å². The van der Waals surface area contributed by atoms with Gasteiger partial charge in [-0.05, 0) is 47.4 Å². The standard InChI is InChI=1S/C21H19ClFNO2S2/c1-13(2)11-24-20(25)19(28-21(24)27)10-15-5-8-18(17(22)9-15)26-12-14-3-6-16(23)7-4-14/h3-10,13H,11-12H2,1-2H3/b19-10-. The second-order valence-corrected chi connectivity index (χ2v) is 8.87. The zero-order valence-corrected chi connectivity index (χ0v) is 17.8. The number of benzene rings is 2. The van der Waals surface area contributed by atoms with Gasteiger partial charge in [0, 0.05) is 6.54 Å². The molecule has 0 saturated carbocycles. The van der Waals surface area contributed by atoms with Gasteiger partial charge in [-0.3, -0.25) is 9.69 Å². The van der Waals surface area contributed by atoms with Crippen LogP contribution in [-0.4, -0.2) is 21.7 Å². The van der Waals surface area contributed by atoms with E-state index in [0.29, 0.717) is 32.5 Å². The maximum absolute atomic E-state index is 13.0. The Hall–Kier alpha value is -1.89. The molecule has 7 heteroatoms. The van der Waals surface area contributed by atoms with Crippen LogP contribution in [0.25, 0.3) is 6.08 Å². The molecule has 1 amide bonds. The Balaban J connectivity index is 1.70. The molecule has 1 aliphatic heterocycles. The van der Waals surface area contributed by atoms with Gasteiger partial charge in [-0.2, -0.15) is 0 Å². The number of hydrogen-bond donors (Lipinski definition) is 0. The first-order valence-electron chi connectivity index (χ1n) is 8.75. The molecule has 3 nitrogen and oxygen atoms in total. The summed E-state index contributed by atoms with van der Waals surface area (Å²) >= 11 is 13.0. The van der Waals surface area contributed by atoms with Crippen molar-refractivity contribution in [3.63, 3.8) is 0 Å². The number of halogens is 2. The lowest BCUT2D eigenvalue weighted by Gasteiger charge is -2.16. The Morgan fingerprint density at radius 3 is 2.61 bits per heavy atom. The molecule has 3 rings (SSSR count). The molecule has 0 bridgehead atoms. The van der Waals surface area contributed by atoms with Crippen molar-refractivity contribution in [2.45, 2.75) is 20.5 Å². The fourth-order valence-corrected chi connectivity index (χ4v) is 4.16. The van der Waals surface area contributed by atoms with E-state index >= 15 is 0 Å². The number of thioether (sulfide) groups is 1. The molecule has 0 aliphatic carbocycles. The number of hydrogen-bond acceptors (Lipinski definition) is 4. The third-order valence-corrected chi connectivity index (χ3v) is 5.66. The molecular formula is C21H19ClFNO2S2. The second-order valence-electron chi connectivity index (χ2n) is 6.79. The van der Waals surface area contributed by atoms with Crippen molar-refractivity contribution in [1.82, 2.24) is 4.90 Å². The van der Waals surface area contributed by atoms with Gasteiger partial charge in [0.25, 0.3) is 5.91 Å². The van der Waals surface area contributed by atoms with Crippen LogP contribution in [0.2, 0.25) is 5.02 Å². The normalized spacial score (nSPS) is 15.8. The first-order valence-corrected chi connectivity index (χ1v) is 10.4. The van der Waals surface area contributed by atoms with Crippen LogP contribution in [0.3, 0.4) is 0 Å². The van der Waals surface area contributed by atoms with E-state index in [2.05, 4.69) is 0 Å². The summed E-state index contributed by atoms with van der Waals surface area (Å²) in [7, 11) is 0. The quantitative estimate of drug-likeness (QED) is 0.416. The van der Waals surface area contributed by atoms with Crippen molar-refractivity contribution in [2.75, 3.05) is 6.54 Å². The molecule has 1 saturated heterocycles. The average Bonchev–Trinajstić information content (AvgIpc) is 2.89. The highest BCUT2D eigenvalue weighted by molar-refractivity contribution is 8.26. The smallest absolute Gasteiger partial charge is 0.266 e. The van der Waals surface area contributed by atoms with E-state index in [0.717, 1.165) is 11.1 Å². The fourth-order valence-electron chi connectivity index (χ4n) is 2.64. The molecule has 1 fully saturated rings. The predicted molar refractivity (Wildman–Crippen MR) is 117 cm³/mol. The van der Waals surface area contributed by atoms with Crippen LogP contribution in [0.15, 0.2) is 47.4 Å². The summed E-state index contributed by atoms with van der Waals surface area (Å²) in [4.78, 5) is 14.8. The van der Waals surface area contributed by atoms with Gasteiger partial charge in [0.05, 0.1) is 9.93 Å². The lowest BCUT2D eigenvalue weighted by molar-refractivity contribution is -0.122. The summed E-state index contributed by atoms with van der Waals surface area (Å²) in [6, 6.07) is 11.4. The molecule has 1 aliphatic rings. The Morgan fingerprint density at radius 1 is 1.25 bits per heavy atom. The third kappa shape index (κ3) is 5.13. The minimum atomic E-state index is -0.287. The topological polar surface area (TPSA) is 29.5 Å². The van der Waals surface area contributed by atoms with Crippen LogP contribution < -0.4 is 4.74 Å². The summed E-state index contributed by atoms with van der Waals surface area (Å²) in [5.41, 5.74) is 1.64. The molecule has 0 aromatic heterocycles. The minimum absolute atomic E-state index is 0.0727. The molecule has 0 atom stereocenters. The Morgan fingerprint density at radius 2 is 1.96 bits per heavy atom. The van der Waals surface area contributed by atoms with E-state index in [-0.39, 0.29) is 18.3 Å². The molecule has 2 aromatic carbocycles. The van der Waals surface area contributed by atoms with Gasteiger partial charge in [-0.15, -0.1) is 0 Å². The van der Waals surface area contributed by atoms with Crippen LogP contribution in [0.1, 0.15) is 25.0 Å². The lowest BCUT2D eigenvalue weighted by Crippen LogP contribution is -2.31. The zero-order valence-electron chi connectivity index (χ0n) is 15.4. The van der Waals surface area contributed by atoms with Crippen molar-refractivity contribution >= 4 is 51.9 Å². The van der Waals surface area contributed by atoms with Crippen LogP contribution in [0.5, 0.6) is 5.75 Å². The van der Waals surface area contributed by atoms with E-state index in [1.54, 1.807) is 35.2 Å². The number of thiocarbonyl (C=S) groups is 1. The number of ether oxygens (including phenoxy) is 1. The Labute approximate surface area is 178 Å². The van der Waals surface area contributed by atoms with Gasteiger partial charge in [0.15, 0.2) is 0 Å². The third-order valence-electron chi connectivity index (χ3n) is 3.98. The number of carbonyl (C=O) groups excluding carboxylic acids is 1. The summed E-state index contributed by atoms with van der Waals surface area (Å²) in [6.45, 7) is 4.99. The largest absolute Gasteiger partial charge is 0.487 e. The Kier molecular flexibility index (Phi) is 6.75. The SMILES string of the molecule is CC(C)CN1C(=O)/C(=C/c2ccc(OCc3ccc(F)cc3)c(Cl)c2)SC1=S. The van der Waals surface area contributed by atoms with Crippen molar-refractivity contribution in [2.24, 2.45) is 5.92 Å². The number of nitrogens with zero attached hydrogens (tertiary/aromatic N) is 1. The Bertz CT molecular complexity index is 929. The zero-order chi connectivity index (χ0) is 20.3. The van der Waals surface area contributed by atoms with E-state index in [1.165, 1.54) is 23.9 Å². The van der Waals surface area contributed by atoms with Gasteiger partial charge in [-0.1, -0.05) is 67.6 Å². The average molecular weight is 436 g/mol. The first-order chi connectivity index (χ1) is 13.3. The highest BCUT2D eigenvalue weighted by Gasteiger charge is 2.32. The van der Waals surface area contributed by atoms with Crippen LogP contribution >= 0.6 is 35.6 Å². The van der Waals surface area contributed by atoms with E-state index in [1.807, 2.05) is 19.9 Å². The molecule has 0 radical (unpaired) electrons. The number of carbonyl (C=O) groups is 1. The van der Waals surface area contributed by atoms with Crippen molar-refractivity contribution in [1.29, 1.82) is 0 Å². The highest BCUT2D eigenvalue weighted by Crippen LogP contribution is 2.34. The molecule has 1 heterocycles. The van der Waals surface area contributed by atoms with Gasteiger partial charge in [0.1, 0.15) is 22.5 Å². The van der Waals surface area contributed by atoms with Crippen molar-refractivity contribution in [3.05, 3.63) is 69.3 Å². The van der Waals surface area contributed by atoms with Crippen molar-refractivity contribution < 1.29 is 13.9 Å². The molecule has 146 valence electrons. The van der Waals surface area contributed by atoms with Crippen molar-refractivity contribution in [3.8, 4) is 5.75 Å².